The molecule has 0 aromatic heterocycles. The number of benzene rings is 8. The number of carbonyl (C=O) groups is 4. The molecule has 0 atom stereocenters. The minimum atomic E-state index is -4.69. The molecule has 0 spiro atoms. The molecule has 720 valence electrons. The fraction of sp³-hybridized carbons (Fsp3) is 0.377. The van der Waals surface area contributed by atoms with Crippen molar-refractivity contribution in [3.63, 3.8) is 0 Å². The summed E-state index contributed by atoms with van der Waals surface area (Å²) in [6, 6.07) is 46.1. The first kappa shape index (κ1) is 110. The van der Waals surface area contributed by atoms with Crippen LogP contribution in [-0.4, -0.2) is 119 Å². The summed E-state index contributed by atoms with van der Waals surface area (Å²) in [7, 11) is -9.36. The first-order chi connectivity index (χ1) is 64.6. The standard InChI is InChI=1S/C55H59FN2O11S2.C50H55FN2O9S2.CH4.2Na/c1-54(2)43-35-39(56)21-27-44(43)57(32-9-5-6-17-50(61)67-53-46(59)28-29-47(53)60)48(54)30-19-37-14-12-15-38(52(37)66-40-22-24-41(25-23-40)71(63,64)65)20-31-49-55(3,4)51-42-16-8-7-13-36(42)18-26-45(51)58(49)33-10-11-34-70-69-68-62;1-49(2)41-33-37(51)21-27-42(41)52(30-9-5-6-17-46(54)55)44(49)28-19-35-14-12-15-36(48(35)60-38-22-24-39(25-23-38)64(57,58)59)20-29-45-50(3,4)47-40-16-8-7-13-34(40)18-26-43(47)53(45)31-10-11-32-63-62-61-56;;;/h7-8,13,16,18-27,30-31,35,53H,5-6,9-12,14-15,17,28-29,32-34H2,1-4H3,(H-,62,63,64,65);7-8,13,16,18-29,33H,5-6,9-12,14-15,17,30-32H2,1-4H3,(H2-,54,55,56,57,58,59);1H4;;/q;;;2*+1/p-2. The summed E-state index contributed by atoms with van der Waals surface area (Å²) >= 11 is 1.97. The summed E-state index contributed by atoms with van der Waals surface area (Å²) in [5.74, 6) is 0.382. The Morgan fingerprint density at radius 2 is 0.891 bits per heavy atom. The van der Waals surface area contributed by atoms with Crippen LogP contribution in [0.3, 0.4) is 0 Å². The molecule has 1 saturated carbocycles. The number of anilines is 2. The third kappa shape index (κ3) is 25.4. The Labute approximate surface area is 860 Å². The third-order valence-electron chi connectivity index (χ3n) is 26.5. The monoisotopic (exact) mass is 1980 g/mol. The molecule has 32 heteroatoms. The number of carbonyl (C=O) groups excluding carboxylic acids is 3. The second kappa shape index (κ2) is 48.3. The number of carboxylic acids is 1. The van der Waals surface area contributed by atoms with Crippen LogP contribution in [0.5, 0.6) is 11.5 Å². The molecule has 138 heavy (non-hydrogen) atoms. The fourth-order valence-electron chi connectivity index (χ4n) is 19.8. The maximum atomic E-state index is 14.9. The van der Waals surface area contributed by atoms with E-state index < -0.39 is 54.5 Å². The van der Waals surface area contributed by atoms with Crippen molar-refractivity contribution in [2.75, 3.05) is 47.5 Å². The van der Waals surface area contributed by atoms with E-state index >= 15 is 0 Å². The van der Waals surface area contributed by atoms with Crippen LogP contribution < -0.4 is 88.9 Å². The van der Waals surface area contributed by atoms with Gasteiger partial charge in [-0.05, 0) is 281 Å². The third-order valence-corrected chi connectivity index (χ3v) is 29.4. The Hall–Kier alpha value is -8.84. The summed E-state index contributed by atoms with van der Waals surface area (Å²) in [4.78, 5) is 51.4. The Morgan fingerprint density at radius 1 is 0.486 bits per heavy atom. The van der Waals surface area contributed by atoms with E-state index in [0.717, 1.165) is 172 Å². The number of esters is 1. The van der Waals surface area contributed by atoms with Crippen LogP contribution in [0.25, 0.3) is 21.5 Å². The Morgan fingerprint density at radius 3 is 1.29 bits per heavy atom. The molecule has 24 nitrogen and oxygen atoms in total. The van der Waals surface area contributed by atoms with Gasteiger partial charge in [0.1, 0.15) is 68.0 Å². The summed E-state index contributed by atoms with van der Waals surface area (Å²) in [5.41, 5.74) is 14.0. The zero-order valence-corrected chi connectivity index (χ0v) is 86.2. The number of ketones is 2. The van der Waals surface area contributed by atoms with Crippen LogP contribution in [0.4, 0.5) is 31.5 Å². The maximum Gasteiger partial charge on any atom is 1.00 e. The van der Waals surface area contributed by atoms with Gasteiger partial charge >= 0.3 is 71.1 Å². The van der Waals surface area contributed by atoms with Crippen LogP contribution in [0.2, 0.25) is 0 Å². The number of allylic oxidation sites excluding steroid dienone is 14. The van der Waals surface area contributed by atoms with E-state index in [4.69, 9.17) is 14.2 Å². The first-order valence-electron chi connectivity index (χ1n) is 45.9. The first-order valence-corrected chi connectivity index (χ1v) is 50.5. The van der Waals surface area contributed by atoms with Gasteiger partial charge in [-0.2, -0.15) is 17.8 Å². The summed E-state index contributed by atoms with van der Waals surface area (Å²) < 4.78 is 133. The van der Waals surface area contributed by atoms with Crippen molar-refractivity contribution in [1.29, 1.82) is 0 Å². The molecule has 0 bridgehead atoms. The minimum Gasteiger partial charge on any atom is -0.744 e. The predicted molar refractivity (Wildman–Crippen MR) is 518 cm³/mol. The molecule has 0 amide bonds. The molecule has 1 fully saturated rings. The van der Waals surface area contributed by atoms with Gasteiger partial charge in [-0.3, -0.25) is 29.3 Å². The van der Waals surface area contributed by atoms with Crippen molar-refractivity contribution >= 4 is 124 Å². The summed E-state index contributed by atoms with van der Waals surface area (Å²) in [6.07, 6.45) is 27.4. The predicted octanol–water partition coefficient (Wildman–Crippen LogP) is 14.9. The molecule has 8 aromatic carbocycles. The molecule has 7 aliphatic rings. The van der Waals surface area contributed by atoms with Gasteiger partial charge in [0.2, 0.25) is 17.5 Å². The number of unbranched alkanes of at least 4 members (excludes halogenated alkanes) is 6. The maximum absolute atomic E-state index is 14.9. The second-order valence-corrected chi connectivity index (χ2v) is 41.2. The quantitative estimate of drug-likeness (QED) is 0.00430. The zero-order valence-electron chi connectivity index (χ0n) is 79.0. The van der Waals surface area contributed by atoms with Crippen molar-refractivity contribution < 1.29 is 171 Å². The molecular weight excluding hydrogens is 1860 g/mol. The van der Waals surface area contributed by atoms with E-state index in [2.05, 4.69) is 196 Å². The number of carboxylic acid groups (broad SMARTS) is 1. The van der Waals surface area contributed by atoms with Gasteiger partial charge in [0.15, 0.2) is 23.0 Å². The fourth-order valence-corrected chi connectivity index (χ4v) is 21.6. The molecule has 0 radical (unpaired) electrons. The van der Waals surface area contributed by atoms with Gasteiger partial charge in [0.05, 0.1) is 20.6 Å². The molecule has 1 N–H and O–H groups in total. The van der Waals surface area contributed by atoms with E-state index in [9.17, 15) is 69.5 Å². The molecule has 0 saturated heterocycles. The number of ether oxygens (including phenoxy) is 3. The van der Waals surface area contributed by atoms with Crippen molar-refractivity contribution in [1.82, 2.24) is 0 Å². The average molecular weight is 1980 g/mol. The molecule has 3 aliphatic carbocycles. The van der Waals surface area contributed by atoms with Crippen LogP contribution in [0.15, 0.2) is 261 Å². The largest absolute Gasteiger partial charge is 1.00 e. The number of fused-ring (bicyclic) bond motifs is 8. The van der Waals surface area contributed by atoms with E-state index in [-0.39, 0.29) is 131 Å². The number of hydrogen-bond donors (Lipinski definition) is 1. The number of aliphatic carboxylic acids is 1. The molecule has 15 rings (SSSR count). The van der Waals surface area contributed by atoms with Gasteiger partial charge in [-0.15, -0.1) is 0 Å². The molecule has 8 aromatic rings. The van der Waals surface area contributed by atoms with Gasteiger partial charge in [-0.1, -0.05) is 109 Å². The number of halogens is 2. The zero-order chi connectivity index (χ0) is 96.2. The van der Waals surface area contributed by atoms with Crippen LogP contribution in [0.1, 0.15) is 213 Å². The van der Waals surface area contributed by atoms with E-state index in [1.165, 1.54) is 82.6 Å². The van der Waals surface area contributed by atoms with Crippen LogP contribution in [-0.2, 0) is 84.6 Å². The van der Waals surface area contributed by atoms with Gasteiger partial charge in [0, 0.05) is 156 Å². The molecule has 4 heterocycles. The second-order valence-electron chi connectivity index (χ2n) is 36.8. The topological polar surface area (TPSA) is 326 Å². The Balaban J connectivity index is 0.000000260. The molecule has 0 unspecified atom stereocenters. The average Bonchev–Trinajstić information content (AvgIpc) is 1.56. The van der Waals surface area contributed by atoms with E-state index in [1.54, 1.807) is 18.2 Å². The Kier molecular flexibility index (Phi) is 38.3. The van der Waals surface area contributed by atoms with Gasteiger partial charge in [-0.25, -0.2) is 25.6 Å². The minimum absolute atomic E-state index is 0. The van der Waals surface area contributed by atoms with Crippen molar-refractivity contribution in [3.8, 4) is 11.5 Å². The van der Waals surface area contributed by atoms with Crippen LogP contribution in [0, 0.1) is 11.6 Å². The number of nitrogens with zero attached hydrogens (tertiary/aromatic N) is 4. The number of Topliss-reactive ketones (excluding diaryl/α,β-unsaturated/α-hetero) is 2. The van der Waals surface area contributed by atoms with Crippen molar-refractivity contribution in [3.05, 3.63) is 285 Å². The molecule has 4 aliphatic heterocycles. The smallest absolute Gasteiger partial charge is 0.744 e. The van der Waals surface area contributed by atoms with E-state index in [0.29, 0.717) is 106 Å². The van der Waals surface area contributed by atoms with Gasteiger partial charge < -0.3 is 48.7 Å². The Bertz CT molecular complexity index is 6420. The number of hydrogen-bond acceptors (Lipinski definition) is 23. The van der Waals surface area contributed by atoms with Crippen LogP contribution >= 0.6 is 24.1 Å². The SMILES string of the molecule is C.CC1(C)C(=CC=C2CCCC(C=CC3=[N+](CCCCSOO[O-])c4ccc5ccccc5c4C3(C)C)=C2Oc2ccc(S(=O)(=O)[O-])cc2)N(CCCCCC(=O)O)c2ccc(F)cc21.CC1(C)C(=CC=C2CCCC(C=CC3=[N+](CCCCSOO[O-])c4ccc5ccccc5c4C3(C)C)=C2Oc2ccc(S(=O)(=O)[O-])cc2)N(CCCCCC(=O)OC2C(=O)CCC2=O)c2ccc(F)cc21.[Na+].[Na+]. The summed E-state index contributed by atoms with van der Waals surface area (Å²) in [6.45, 7) is 19.9. The van der Waals surface area contributed by atoms with Gasteiger partial charge in [0.25, 0.3) is 0 Å². The number of rotatable bonds is 39. The normalized spacial score (nSPS) is 18.2. The van der Waals surface area contributed by atoms with E-state index in [1.807, 2.05) is 24.3 Å². The van der Waals surface area contributed by atoms with Crippen molar-refractivity contribution in [2.45, 2.75) is 229 Å². The van der Waals surface area contributed by atoms with Crippen molar-refractivity contribution in [2.24, 2.45) is 0 Å². The summed E-state index contributed by atoms with van der Waals surface area (Å²) in [5, 5.41) is 41.6. The molecular formula is C106H116F2N4Na2O20S4.